The number of anilines is 1. The van der Waals surface area contributed by atoms with Crippen molar-refractivity contribution < 1.29 is 18.0 Å². The van der Waals surface area contributed by atoms with E-state index in [1.54, 1.807) is 0 Å². The van der Waals surface area contributed by atoms with Crippen molar-refractivity contribution in [2.24, 2.45) is 0 Å². The summed E-state index contributed by atoms with van der Waals surface area (Å²) in [5.41, 5.74) is 0. The number of nitrogens with zero attached hydrogens (tertiary/aromatic N) is 3. The second kappa shape index (κ2) is 5.64. The number of carbonyl (C=O) groups is 1. The lowest BCUT2D eigenvalue weighted by molar-refractivity contribution is -0.195. The molecule has 0 radical (unpaired) electrons. The second-order valence-corrected chi connectivity index (χ2v) is 4.74. The van der Waals surface area contributed by atoms with Crippen LogP contribution >= 0.6 is 0 Å². The Kier molecular flexibility index (Phi) is 4.10. The van der Waals surface area contributed by atoms with Gasteiger partial charge in [0.1, 0.15) is 11.9 Å². The molecule has 0 saturated carbocycles. The molecular weight excluding hydrogens is 273 g/mol. The summed E-state index contributed by atoms with van der Waals surface area (Å²) < 4.78 is 38.6. The van der Waals surface area contributed by atoms with E-state index in [2.05, 4.69) is 15.3 Å². The molecule has 1 N–H and O–H groups in total. The minimum Gasteiger partial charge on any atom is -0.364 e. The highest BCUT2D eigenvalue weighted by Gasteiger charge is 2.47. The Morgan fingerprint density at radius 3 is 2.70 bits per heavy atom. The van der Waals surface area contributed by atoms with Gasteiger partial charge >= 0.3 is 6.18 Å². The summed E-state index contributed by atoms with van der Waals surface area (Å²) in [5, 5.41) is 3.00. The van der Waals surface area contributed by atoms with Crippen LogP contribution in [0.3, 0.4) is 0 Å². The Labute approximate surface area is 114 Å². The molecule has 2 rings (SSSR count). The van der Waals surface area contributed by atoms with E-state index in [0.717, 1.165) is 11.8 Å². The summed E-state index contributed by atoms with van der Waals surface area (Å²) in [7, 11) is 0. The molecule has 0 bridgehead atoms. The zero-order valence-corrected chi connectivity index (χ0v) is 10.9. The fourth-order valence-electron chi connectivity index (χ4n) is 2.36. The maximum absolute atomic E-state index is 12.9. The molecule has 5 nitrogen and oxygen atoms in total. The number of piperidine rings is 1. The first-order valence-electron chi connectivity index (χ1n) is 6.24. The third-order valence-electron chi connectivity index (χ3n) is 3.28. The smallest absolute Gasteiger partial charge is 0.364 e. The SMILES string of the molecule is CC(=O)N1CC(Nc2cnccn2)CCC1C(F)(F)F. The van der Waals surface area contributed by atoms with Crippen molar-refractivity contribution in [1.29, 1.82) is 0 Å². The summed E-state index contributed by atoms with van der Waals surface area (Å²) >= 11 is 0. The Hall–Kier alpha value is -1.86. The van der Waals surface area contributed by atoms with Gasteiger partial charge in [0.25, 0.3) is 0 Å². The molecule has 1 aliphatic rings. The lowest BCUT2D eigenvalue weighted by atomic mass is 9.97. The van der Waals surface area contributed by atoms with Gasteiger partial charge in [-0.2, -0.15) is 13.2 Å². The van der Waals surface area contributed by atoms with Gasteiger partial charge in [0.15, 0.2) is 0 Å². The lowest BCUT2D eigenvalue weighted by Crippen LogP contribution is -2.55. The molecule has 110 valence electrons. The maximum Gasteiger partial charge on any atom is 0.408 e. The number of amides is 1. The standard InChI is InChI=1S/C12H15F3N4O/c1-8(20)19-7-9(2-3-10(19)12(13,14)15)18-11-6-16-4-5-17-11/h4-6,9-10H,2-3,7H2,1H3,(H,17,18). The molecule has 1 aromatic heterocycles. The molecule has 0 spiro atoms. The summed E-state index contributed by atoms with van der Waals surface area (Å²) in [5.74, 6) is -0.0792. The first kappa shape index (κ1) is 14.5. The van der Waals surface area contributed by atoms with Gasteiger partial charge in [-0.15, -0.1) is 0 Å². The molecule has 0 aromatic carbocycles. The van der Waals surface area contributed by atoms with E-state index in [1.807, 2.05) is 0 Å². The number of halogens is 3. The Bertz CT molecular complexity index is 466. The number of hydrogen-bond acceptors (Lipinski definition) is 4. The predicted molar refractivity (Wildman–Crippen MR) is 65.9 cm³/mol. The largest absolute Gasteiger partial charge is 0.408 e. The van der Waals surface area contributed by atoms with Crippen molar-refractivity contribution >= 4 is 11.7 Å². The number of carbonyl (C=O) groups excluding carboxylic acids is 1. The fourth-order valence-corrected chi connectivity index (χ4v) is 2.36. The van der Waals surface area contributed by atoms with Crippen molar-refractivity contribution in [2.75, 3.05) is 11.9 Å². The van der Waals surface area contributed by atoms with Crippen LogP contribution in [0.25, 0.3) is 0 Å². The van der Waals surface area contributed by atoms with Crippen LogP contribution in [0, 0.1) is 0 Å². The molecule has 1 amide bonds. The van der Waals surface area contributed by atoms with Gasteiger partial charge in [-0.05, 0) is 12.8 Å². The van der Waals surface area contributed by atoms with Crippen LogP contribution in [-0.4, -0.2) is 45.6 Å². The summed E-state index contributed by atoms with van der Waals surface area (Å²) in [6.45, 7) is 1.17. The highest BCUT2D eigenvalue weighted by atomic mass is 19.4. The Morgan fingerprint density at radius 1 is 1.40 bits per heavy atom. The van der Waals surface area contributed by atoms with Crippen LogP contribution in [0.15, 0.2) is 18.6 Å². The molecule has 8 heteroatoms. The topological polar surface area (TPSA) is 58.1 Å². The molecule has 1 aromatic rings. The number of likely N-dealkylation sites (tertiary alicyclic amines) is 1. The summed E-state index contributed by atoms with van der Waals surface area (Å²) in [6, 6.07) is -1.95. The van der Waals surface area contributed by atoms with E-state index >= 15 is 0 Å². The van der Waals surface area contributed by atoms with E-state index in [9.17, 15) is 18.0 Å². The number of alkyl halides is 3. The minimum absolute atomic E-state index is 0.0100. The zero-order valence-electron chi connectivity index (χ0n) is 10.9. The second-order valence-electron chi connectivity index (χ2n) is 4.74. The van der Waals surface area contributed by atoms with E-state index in [-0.39, 0.29) is 19.0 Å². The van der Waals surface area contributed by atoms with Crippen molar-refractivity contribution in [3.8, 4) is 0 Å². The average Bonchev–Trinajstić information content (AvgIpc) is 2.38. The fraction of sp³-hybridized carbons (Fsp3) is 0.583. The van der Waals surface area contributed by atoms with Crippen LogP contribution in [0.1, 0.15) is 19.8 Å². The van der Waals surface area contributed by atoms with Crippen LogP contribution < -0.4 is 5.32 Å². The van der Waals surface area contributed by atoms with Gasteiger partial charge in [-0.1, -0.05) is 0 Å². The van der Waals surface area contributed by atoms with Crippen molar-refractivity contribution in [3.63, 3.8) is 0 Å². The van der Waals surface area contributed by atoms with Gasteiger partial charge in [0.2, 0.25) is 5.91 Å². The molecule has 2 unspecified atom stereocenters. The van der Waals surface area contributed by atoms with E-state index in [0.29, 0.717) is 12.2 Å². The minimum atomic E-state index is -4.39. The number of nitrogens with one attached hydrogen (secondary N) is 1. The maximum atomic E-state index is 12.9. The van der Waals surface area contributed by atoms with Gasteiger partial charge in [0, 0.05) is 31.9 Å². The molecule has 0 aliphatic carbocycles. The van der Waals surface area contributed by atoms with Crippen LogP contribution in [-0.2, 0) is 4.79 Å². The molecule has 20 heavy (non-hydrogen) atoms. The summed E-state index contributed by atoms with van der Waals surface area (Å²) in [4.78, 5) is 20.2. The molecule has 2 atom stereocenters. The molecule has 1 saturated heterocycles. The number of aromatic nitrogens is 2. The van der Waals surface area contributed by atoms with Gasteiger partial charge in [-0.25, -0.2) is 4.98 Å². The Morgan fingerprint density at radius 2 is 2.15 bits per heavy atom. The number of rotatable bonds is 2. The lowest BCUT2D eigenvalue weighted by Gasteiger charge is -2.40. The van der Waals surface area contributed by atoms with Crippen LogP contribution in [0.5, 0.6) is 0 Å². The quantitative estimate of drug-likeness (QED) is 0.902. The highest BCUT2D eigenvalue weighted by molar-refractivity contribution is 5.74. The Balaban J connectivity index is 2.05. The van der Waals surface area contributed by atoms with Gasteiger partial charge in [-0.3, -0.25) is 9.78 Å². The monoisotopic (exact) mass is 288 g/mol. The average molecular weight is 288 g/mol. The molecule has 2 heterocycles. The van der Waals surface area contributed by atoms with Crippen LogP contribution in [0.2, 0.25) is 0 Å². The van der Waals surface area contributed by atoms with Crippen molar-refractivity contribution in [3.05, 3.63) is 18.6 Å². The third-order valence-corrected chi connectivity index (χ3v) is 3.28. The molecular formula is C12H15F3N4O. The molecule has 1 fully saturated rings. The molecule has 1 aliphatic heterocycles. The zero-order chi connectivity index (χ0) is 14.8. The van der Waals surface area contributed by atoms with E-state index in [4.69, 9.17) is 0 Å². The van der Waals surface area contributed by atoms with Crippen molar-refractivity contribution in [1.82, 2.24) is 14.9 Å². The predicted octanol–water partition coefficient (Wildman–Crippen LogP) is 1.83. The van der Waals surface area contributed by atoms with Gasteiger partial charge in [0.05, 0.1) is 6.20 Å². The highest BCUT2D eigenvalue weighted by Crippen LogP contribution is 2.32. The summed E-state index contributed by atoms with van der Waals surface area (Å²) in [6.07, 6.45) is 0.322. The van der Waals surface area contributed by atoms with E-state index < -0.39 is 18.1 Å². The van der Waals surface area contributed by atoms with E-state index in [1.165, 1.54) is 18.6 Å². The van der Waals surface area contributed by atoms with Crippen molar-refractivity contribution in [2.45, 2.75) is 38.0 Å². The van der Waals surface area contributed by atoms with Crippen LogP contribution in [0.4, 0.5) is 19.0 Å². The first-order chi connectivity index (χ1) is 9.38. The first-order valence-corrected chi connectivity index (χ1v) is 6.24. The van der Waals surface area contributed by atoms with Gasteiger partial charge < -0.3 is 10.2 Å². The normalized spacial score (nSPS) is 23.5. The third kappa shape index (κ3) is 3.37. The number of hydrogen-bond donors (Lipinski definition) is 1.